The van der Waals surface area contributed by atoms with E-state index in [0.29, 0.717) is 42.0 Å². The minimum absolute atomic E-state index is 0.123. The summed E-state index contributed by atoms with van der Waals surface area (Å²) in [5.74, 6) is 1.11. The van der Waals surface area contributed by atoms with Gasteiger partial charge in [0.25, 0.3) is 0 Å². The van der Waals surface area contributed by atoms with E-state index in [1.807, 2.05) is 105 Å². The Bertz CT molecular complexity index is 5150. The average Bonchev–Trinajstić information content (AvgIpc) is 0.772. The van der Waals surface area contributed by atoms with E-state index in [1.54, 1.807) is 12.1 Å². The molecule has 0 aromatic heterocycles. The van der Waals surface area contributed by atoms with E-state index in [1.165, 1.54) is 55.6 Å². The van der Waals surface area contributed by atoms with Gasteiger partial charge in [0.1, 0.15) is 0 Å². The largest absolute Gasteiger partial charge is 0.0843 e. The molecule has 1 unspecified atom stereocenters. The molecule has 556 valence electrons. The van der Waals surface area contributed by atoms with Gasteiger partial charge in [0.05, 0.1) is 0 Å². The third-order valence-corrected chi connectivity index (χ3v) is 25.1. The van der Waals surface area contributed by atoms with E-state index in [-0.39, 0.29) is 17.8 Å². The monoisotopic (exact) mass is 2020 g/mol. The Morgan fingerprint density at radius 3 is 1.04 bits per heavy atom. The Balaban J connectivity index is 0.000000147. The highest BCUT2D eigenvalue weighted by Gasteiger charge is 2.21. The molecular weight excluding hydrogens is 1960 g/mol. The van der Waals surface area contributed by atoms with Crippen molar-refractivity contribution in [2.24, 2.45) is 0 Å². The van der Waals surface area contributed by atoms with Gasteiger partial charge < -0.3 is 0 Å². The summed E-state index contributed by atoms with van der Waals surface area (Å²) in [6.07, 6.45) is 0.884. The summed E-state index contributed by atoms with van der Waals surface area (Å²) < 4.78 is 4.52. The molecule has 0 N–H and O–H groups in total. The van der Waals surface area contributed by atoms with Gasteiger partial charge in [-0.2, -0.15) is 0 Å². The van der Waals surface area contributed by atoms with Crippen molar-refractivity contribution in [1.29, 1.82) is 0 Å². The van der Waals surface area contributed by atoms with Crippen LogP contribution in [0.1, 0.15) is 131 Å². The molecule has 14 aromatic rings. The number of fused-ring (bicyclic) bond motifs is 2. The standard InChI is InChI=1S/C26H20Br2.C23H16Cl4.C16H16Cl2.C14H10Cl4.C14H10Cl2I2/c1-18(21-12-14-25(27)23(16-21)19-8-4-2-5-9-19)22-13-15-26(28)24(17-22)20-10-6-3-7-11-20;1-13(17-7-9-23(27)21-12-16(25)4-6-19(17)21)10-14-2-8-22(26)20-11-15(24)3-5-18(14)20;1-10-4-6-13(15(17)8-10)12(3)14-7-5-11(2)9-16(14)18;1-8(9-2-11(15)6-12(16)3-9)10-4-13(17)7-14(18)5-10;1-8(11-4-2-9(17)6-13(11)15)12-5-3-10(18)7-14(12)16/h2-18H,1H3;2-9,11-13H,10H2,1H3;4-9,12H,1-3H3;2*2-8H,1H3. The van der Waals surface area contributed by atoms with Gasteiger partial charge in [-0.1, -0.05) is 339 Å². The van der Waals surface area contributed by atoms with Crippen LogP contribution in [-0.4, -0.2) is 0 Å². The predicted octanol–water partition coefficient (Wildman–Crippen LogP) is 36.2. The van der Waals surface area contributed by atoms with Crippen LogP contribution in [0.4, 0.5) is 0 Å². The molecule has 0 saturated heterocycles. The molecule has 1 atom stereocenters. The molecule has 0 aliphatic carbocycles. The van der Waals surface area contributed by atoms with Crippen molar-refractivity contribution in [2.75, 3.05) is 0 Å². The second kappa shape index (κ2) is 40.7. The zero-order valence-corrected chi connectivity index (χ0v) is 76.6. The molecule has 0 saturated carbocycles. The second-order valence-corrected chi connectivity index (χ2v) is 36.0. The lowest BCUT2D eigenvalue weighted by molar-refractivity contribution is 0.770. The molecule has 0 spiro atoms. The third-order valence-electron chi connectivity index (χ3n) is 19.1. The molecule has 0 aliphatic heterocycles. The fourth-order valence-corrected chi connectivity index (χ4v) is 18.7. The van der Waals surface area contributed by atoms with Crippen molar-refractivity contribution < 1.29 is 0 Å². The van der Waals surface area contributed by atoms with Crippen LogP contribution in [0.15, 0.2) is 276 Å². The van der Waals surface area contributed by atoms with Crippen molar-refractivity contribution in [1.82, 2.24) is 0 Å². The van der Waals surface area contributed by atoms with Crippen LogP contribution in [0.3, 0.4) is 0 Å². The molecule has 14 aromatic carbocycles. The van der Waals surface area contributed by atoms with Crippen molar-refractivity contribution in [2.45, 2.75) is 84.5 Å². The van der Waals surface area contributed by atoms with Crippen LogP contribution in [0, 0.1) is 21.0 Å². The van der Waals surface area contributed by atoms with E-state index in [2.05, 4.69) is 275 Å². The normalized spacial score (nSPS) is 11.4. The molecule has 0 aliphatic rings. The molecule has 16 heteroatoms. The van der Waals surface area contributed by atoms with Crippen molar-refractivity contribution in [3.8, 4) is 22.3 Å². The summed E-state index contributed by atoms with van der Waals surface area (Å²) >= 11 is 86.3. The molecule has 0 heterocycles. The molecule has 0 bridgehead atoms. The van der Waals surface area contributed by atoms with Gasteiger partial charge in [0.2, 0.25) is 0 Å². The lowest BCUT2D eigenvalue weighted by Gasteiger charge is -2.17. The first-order valence-electron chi connectivity index (χ1n) is 34.8. The Hall–Kier alpha value is -4.50. The number of hydrogen-bond donors (Lipinski definition) is 0. The highest BCUT2D eigenvalue weighted by Crippen LogP contribution is 2.42. The molecule has 109 heavy (non-hydrogen) atoms. The molecule has 0 fully saturated rings. The Labute approximate surface area is 745 Å². The number of benzene rings is 14. The topological polar surface area (TPSA) is 0 Å². The number of rotatable bonds is 13. The van der Waals surface area contributed by atoms with Crippen LogP contribution < -0.4 is 0 Å². The molecule has 0 radical (unpaired) electrons. The van der Waals surface area contributed by atoms with Crippen LogP contribution in [-0.2, 0) is 6.42 Å². The highest BCUT2D eigenvalue weighted by molar-refractivity contribution is 14.1. The lowest BCUT2D eigenvalue weighted by Crippen LogP contribution is -2.00. The maximum absolute atomic E-state index is 6.39. The van der Waals surface area contributed by atoms with Gasteiger partial charge in [-0.3, -0.25) is 0 Å². The summed E-state index contributed by atoms with van der Waals surface area (Å²) in [6.45, 7) is 14.9. The summed E-state index contributed by atoms with van der Waals surface area (Å²) in [4.78, 5) is 0. The zero-order valence-electron chi connectivity index (χ0n) is 60.0. The second-order valence-electron chi connectivity index (χ2n) is 26.7. The molecular formula is C93H72Br2Cl12I2. The first-order chi connectivity index (χ1) is 52.0. The number of aryl methyl sites for hydroxylation is 2. The lowest BCUT2D eigenvalue weighted by atomic mass is 9.88. The minimum Gasteiger partial charge on any atom is -0.0843 e. The third kappa shape index (κ3) is 23.4. The van der Waals surface area contributed by atoms with Gasteiger partial charge in [0, 0.05) is 111 Å². The molecule has 14 rings (SSSR count). The fourth-order valence-electron chi connectivity index (χ4n) is 13.0. The van der Waals surface area contributed by atoms with Gasteiger partial charge >= 0.3 is 0 Å². The van der Waals surface area contributed by atoms with Gasteiger partial charge in [0.15, 0.2) is 0 Å². The maximum atomic E-state index is 6.39. The average molecular weight is 2030 g/mol. The van der Waals surface area contributed by atoms with Gasteiger partial charge in [-0.25, -0.2) is 0 Å². The van der Waals surface area contributed by atoms with E-state index < -0.39 is 0 Å². The first-order valence-corrected chi connectivity index (χ1v) is 43.1. The maximum Gasteiger partial charge on any atom is 0.0485 e. The van der Waals surface area contributed by atoms with Crippen LogP contribution in [0.2, 0.25) is 60.3 Å². The first kappa shape index (κ1) is 86.9. The van der Waals surface area contributed by atoms with Crippen LogP contribution >= 0.6 is 216 Å². The van der Waals surface area contributed by atoms with E-state index in [0.717, 1.165) is 108 Å². The van der Waals surface area contributed by atoms with Crippen molar-refractivity contribution >= 4 is 238 Å². The van der Waals surface area contributed by atoms with E-state index in [4.69, 9.17) is 139 Å². The molecule has 0 nitrogen and oxygen atoms in total. The summed E-state index contributed by atoms with van der Waals surface area (Å²) in [7, 11) is 0. The van der Waals surface area contributed by atoms with Crippen molar-refractivity contribution in [3.63, 3.8) is 0 Å². The van der Waals surface area contributed by atoms with Crippen LogP contribution in [0.25, 0.3) is 43.8 Å². The minimum atomic E-state index is 0.123. The summed E-state index contributed by atoms with van der Waals surface area (Å²) in [6, 6.07) is 89.8. The Morgan fingerprint density at radius 2 is 0.633 bits per heavy atom. The highest BCUT2D eigenvalue weighted by atomic mass is 127. The Morgan fingerprint density at radius 1 is 0.275 bits per heavy atom. The number of hydrogen-bond acceptors (Lipinski definition) is 0. The zero-order chi connectivity index (χ0) is 78.5. The van der Waals surface area contributed by atoms with Crippen LogP contribution in [0.5, 0.6) is 0 Å². The number of halogens is 16. The van der Waals surface area contributed by atoms with Crippen molar-refractivity contribution in [3.05, 3.63) is 410 Å². The fraction of sp³-hybridized carbons (Fsp3) is 0.140. The summed E-state index contributed by atoms with van der Waals surface area (Å²) in [5.41, 5.74) is 18.9. The van der Waals surface area contributed by atoms with Gasteiger partial charge in [-0.05, 0) is 305 Å². The SMILES string of the molecule is CC(Cc1ccc(Cl)c2cc(Cl)ccc12)c1ccc(Cl)c2cc(Cl)ccc12.CC(c1cc(Cl)cc(Cl)c1)c1cc(Cl)cc(Cl)c1.CC(c1ccc(Br)c(-c2ccccc2)c1)c1ccc(Br)c(-c2ccccc2)c1.CC(c1ccc(I)cc1Cl)c1ccc(I)cc1Cl.Cc1ccc(C(C)c2ccc(C)cc2Cl)c(Cl)c1. The van der Waals surface area contributed by atoms with E-state index >= 15 is 0 Å². The predicted molar refractivity (Wildman–Crippen MR) is 503 cm³/mol. The Kier molecular flexibility index (Phi) is 32.4. The quantitative estimate of drug-likeness (QED) is 0.101. The van der Waals surface area contributed by atoms with E-state index in [9.17, 15) is 0 Å². The molecule has 0 amide bonds. The smallest absolute Gasteiger partial charge is 0.0485 e. The summed E-state index contributed by atoms with van der Waals surface area (Å²) in [5, 5.41) is 12.8. The van der Waals surface area contributed by atoms with Gasteiger partial charge in [-0.15, -0.1) is 0 Å².